The summed E-state index contributed by atoms with van der Waals surface area (Å²) in [6.07, 6.45) is 1.29. The molecule has 0 aromatic carbocycles. The summed E-state index contributed by atoms with van der Waals surface area (Å²) in [7, 11) is -1.51. The SMILES string of the molecule is CCCN(C(=O)C(N)COC)C1CCS(=O)(=O)C1. The molecule has 1 rings (SSSR count). The highest BCUT2D eigenvalue weighted by atomic mass is 32.2. The summed E-state index contributed by atoms with van der Waals surface area (Å²) in [4.78, 5) is 13.8. The molecule has 6 nitrogen and oxygen atoms in total. The first kappa shape index (κ1) is 15.4. The van der Waals surface area contributed by atoms with Crippen molar-refractivity contribution in [1.82, 2.24) is 4.90 Å². The number of sulfone groups is 1. The Morgan fingerprint density at radius 2 is 2.22 bits per heavy atom. The molecule has 2 atom stereocenters. The standard InChI is InChI=1S/C11H22N2O4S/c1-3-5-13(11(14)10(12)7-17-2)9-4-6-18(15,16)8-9/h9-10H,3-8,12H2,1-2H3. The quantitative estimate of drug-likeness (QED) is 0.700. The number of hydrogen-bond acceptors (Lipinski definition) is 5. The summed E-state index contributed by atoms with van der Waals surface area (Å²) >= 11 is 0. The van der Waals surface area contributed by atoms with Gasteiger partial charge in [0.2, 0.25) is 5.91 Å². The lowest BCUT2D eigenvalue weighted by molar-refractivity contribution is -0.135. The molecule has 0 radical (unpaired) electrons. The van der Waals surface area contributed by atoms with E-state index in [9.17, 15) is 13.2 Å². The van der Waals surface area contributed by atoms with Crippen LogP contribution in [0.4, 0.5) is 0 Å². The number of ether oxygens (including phenoxy) is 1. The van der Waals surface area contributed by atoms with E-state index in [1.807, 2.05) is 6.92 Å². The lowest BCUT2D eigenvalue weighted by atomic mass is 10.1. The highest BCUT2D eigenvalue weighted by Crippen LogP contribution is 2.18. The Balaban J connectivity index is 2.73. The van der Waals surface area contributed by atoms with Crippen molar-refractivity contribution >= 4 is 15.7 Å². The van der Waals surface area contributed by atoms with Crippen LogP contribution < -0.4 is 5.73 Å². The maximum Gasteiger partial charge on any atom is 0.242 e. The molecule has 0 aromatic rings. The second kappa shape index (κ2) is 6.49. The van der Waals surface area contributed by atoms with Gasteiger partial charge in [-0.3, -0.25) is 4.79 Å². The smallest absolute Gasteiger partial charge is 0.242 e. The fourth-order valence-electron chi connectivity index (χ4n) is 2.20. The number of rotatable bonds is 6. The van der Waals surface area contributed by atoms with Crippen LogP contribution in [0.25, 0.3) is 0 Å². The van der Waals surface area contributed by atoms with Crippen molar-refractivity contribution in [2.75, 3.05) is 31.8 Å². The van der Waals surface area contributed by atoms with E-state index in [-0.39, 0.29) is 30.1 Å². The molecule has 1 amide bonds. The van der Waals surface area contributed by atoms with Crippen LogP contribution in [0.5, 0.6) is 0 Å². The number of nitrogens with zero attached hydrogens (tertiary/aromatic N) is 1. The average molecular weight is 278 g/mol. The summed E-state index contributed by atoms with van der Waals surface area (Å²) in [5, 5.41) is 0. The molecule has 7 heteroatoms. The molecule has 0 bridgehead atoms. The Morgan fingerprint density at radius 3 is 2.67 bits per heavy atom. The second-order valence-electron chi connectivity index (χ2n) is 4.65. The van der Waals surface area contributed by atoms with E-state index in [0.29, 0.717) is 13.0 Å². The second-order valence-corrected chi connectivity index (χ2v) is 6.88. The molecule has 18 heavy (non-hydrogen) atoms. The van der Waals surface area contributed by atoms with Crippen molar-refractivity contribution < 1.29 is 17.9 Å². The van der Waals surface area contributed by atoms with E-state index < -0.39 is 15.9 Å². The predicted octanol–water partition coefficient (Wildman–Crippen LogP) is -0.614. The van der Waals surface area contributed by atoms with E-state index in [2.05, 4.69) is 0 Å². The normalized spacial score (nSPS) is 23.8. The summed E-state index contributed by atoms with van der Waals surface area (Å²) in [6, 6.07) is -0.949. The fourth-order valence-corrected chi connectivity index (χ4v) is 3.93. The molecule has 1 saturated heterocycles. The van der Waals surface area contributed by atoms with Crippen LogP contribution in [-0.4, -0.2) is 63.1 Å². The highest BCUT2D eigenvalue weighted by Gasteiger charge is 2.35. The van der Waals surface area contributed by atoms with Gasteiger partial charge < -0.3 is 15.4 Å². The van der Waals surface area contributed by atoms with Gasteiger partial charge in [-0.1, -0.05) is 6.92 Å². The first-order valence-electron chi connectivity index (χ1n) is 6.16. The van der Waals surface area contributed by atoms with Gasteiger partial charge in [0, 0.05) is 19.7 Å². The van der Waals surface area contributed by atoms with Crippen LogP contribution in [0.2, 0.25) is 0 Å². The maximum atomic E-state index is 12.1. The van der Waals surface area contributed by atoms with Crippen molar-refractivity contribution in [3.8, 4) is 0 Å². The maximum absolute atomic E-state index is 12.1. The predicted molar refractivity (Wildman–Crippen MR) is 68.9 cm³/mol. The third-order valence-electron chi connectivity index (χ3n) is 3.06. The largest absolute Gasteiger partial charge is 0.383 e. The molecular weight excluding hydrogens is 256 g/mol. The zero-order chi connectivity index (χ0) is 13.8. The topological polar surface area (TPSA) is 89.7 Å². The minimum atomic E-state index is -3.00. The van der Waals surface area contributed by atoms with E-state index >= 15 is 0 Å². The number of carbonyl (C=O) groups is 1. The van der Waals surface area contributed by atoms with Gasteiger partial charge in [-0.25, -0.2) is 8.42 Å². The summed E-state index contributed by atoms with van der Waals surface area (Å²) in [5.74, 6) is -0.0101. The number of amides is 1. The molecular formula is C11H22N2O4S. The zero-order valence-electron chi connectivity index (χ0n) is 11.0. The van der Waals surface area contributed by atoms with E-state index in [0.717, 1.165) is 6.42 Å². The Kier molecular flexibility index (Phi) is 5.55. The van der Waals surface area contributed by atoms with Gasteiger partial charge in [-0.05, 0) is 12.8 Å². The molecule has 1 fully saturated rings. The molecule has 1 aliphatic rings. The molecule has 0 aliphatic carbocycles. The highest BCUT2D eigenvalue weighted by molar-refractivity contribution is 7.91. The molecule has 0 saturated carbocycles. The Hall–Kier alpha value is -0.660. The number of carbonyl (C=O) groups excluding carboxylic acids is 1. The van der Waals surface area contributed by atoms with Gasteiger partial charge in [-0.2, -0.15) is 0 Å². The monoisotopic (exact) mass is 278 g/mol. The van der Waals surface area contributed by atoms with Gasteiger partial charge in [0.15, 0.2) is 9.84 Å². The molecule has 106 valence electrons. The first-order valence-corrected chi connectivity index (χ1v) is 7.98. The molecule has 1 aliphatic heterocycles. The van der Waals surface area contributed by atoms with Gasteiger partial charge >= 0.3 is 0 Å². The minimum absolute atomic E-state index is 0.0540. The third-order valence-corrected chi connectivity index (χ3v) is 4.81. The minimum Gasteiger partial charge on any atom is -0.383 e. The van der Waals surface area contributed by atoms with Crippen molar-refractivity contribution in [2.45, 2.75) is 31.8 Å². The van der Waals surface area contributed by atoms with E-state index in [1.165, 1.54) is 7.11 Å². The summed E-state index contributed by atoms with van der Waals surface area (Å²) in [5.41, 5.74) is 5.73. The van der Waals surface area contributed by atoms with Crippen molar-refractivity contribution in [3.63, 3.8) is 0 Å². The molecule has 2 N–H and O–H groups in total. The first-order chi connectivity index (χ1) is 8.41. The third kappa shape index (κ3) is 3.93. The van der Waals surface area contributed by atoms with Gasteiger partial charge in [0.05, 0.1) is 18.1 Å². The van der Waals surface area contributed by atoms with Crippen molar-refractivity contribution in [1.29, 1.82) is 0 Å². The van der Waals surface area contributed by atoms with Gasteiger partial charge in [0.25, 0.3) is 0 Å². The van der Waals surface area contributed by atoms with Crippen LogP contribution >= 0.6 is 0 Å². The van der Waals surface area contributed by atoms with Crippen LogP contribution in [-0.2, 0) is 19.4 Å². The van der Waals surface area contributed by atoms with E-state index in [4.69, 9.17) is 10.5 Å². The van der Waals surface area contributed by atoms with Crippen LogP contribution in [0.3, 0.4) is 0 Å². The molecule has 1 heterocycles. The molecule has 0 aromatic heterocycles. The van der Waals surface area contributed by atoms with Crippen molar-refractivity contribution in [2.24, 2.45) is 5.73 Å². The van der Waals surface area contributed by atoms with Gasteiger partial charge in [0.1, 0.15) is 6.04 Å². The fraction of sp³-hybridized carbons (Fsp3) is 0.909. The average Bonchev–Trinajstić information content (AvgIpc) is 2.66. The Morgan fingerprint density at radius 1 is 1.56 bits per heavy atom. The van der Waals surface area contributed by atoms with Crippen molar-refractivity contribution in [3.05, 3.63) is 0 Å². The Labute approximate surface area is 108 Å². The van der Waals surface area contributed by atoms with Gasteiger partial charge in [-0.15, -0.1) is 0 Å². The summed E-state index contributed by atoms with van der Waals surface area (Å²) < 4.78 is 27.8. The molecule has 2 unspecified atom stereocenters. The number of methoxy groups -OCH3 is 1. The van der Waals surface area contributed by atoms with E-state index in [1.54, 1.807) is 4.90 Å². The summed E-state index contributed by atoms with van der Waals surface area (Å²) in [6.45, 7) is 2.64. The molecule has 0 spiro atoms. The number of nitrogens with two attached hydrogens (primary N) is 1. The van der Waals surface area contributed by atoms with Crippen LogP contribution in [0.15, 0.2) is 0 Å². The van der Waals surface area contributed by atoms with Crippen LogP contribution in [0.1, 0.15) is 19.8 Å². The van der Waals surface area contributed by atoms with Crippen LogP contribution in [0, 0.1) is 0 Å². The lowest BCUT2D eigenvalue weighted by Crippen LogP contribution is -2.51. The Bertz CT molecular complexity index is 383. The zero-order valence-corrected chi connectivity index (χ0v) is 11.8. The number of hydrogen-bond donors (Lipinski definition) is 1. The lowest BCUT2D eigenvalue weighted by Gasteiger charge is -2.30.